The Balaban J connectivity index is 1.62. The summed E-state index contributed by atoms with van der Waals surface area (Å²) in [5.41, 5.74) is 1.14. The summed E-state index contributed by atoms with van der Waals surface area (Å²) in [7, 11) is 1.62. The van der Waals surface area contributed by atoms with E-state index in [4.69, 9.17) is 4.74 Å². The van der Waals surface area contributed by atoms with Crippen LogP contribution < -0.4 is 10.1 Å². The lowest BCUT2D eigenvalue weighted by molar-refractivity contribution is -0.135. The van der Waals surface area contributed by atoms with Crippen molar-refractivity contribution in [2.75, 3.05) is 20.2 Å². The average molecular weight is 361 g/mol. The van der Waals surface area contributed by atoms with Crippen molar-refractivity contribution in [3.63, 3.8) is 0 Å². The van der Waals surface area contributed by atoms with Gasteiger partial charge in [0.25, 0.3) is 0 Å². The molecule has 1 saturated carbocycles. The van der Waals surface area contributed by atoms with E-state index < -0.39 is 0 Å². The summed E-state index contributed by atoms with van der Waals surface area (Å²) in [5.74, 6) is 1.35. The summed E-state index contributed by atoms with van der Waals surface area (Å²) in [4.78, 5) is 18.5. The average Bonchev–Trinajstić information content (AvgIpc) is 2.64. The largest absolute Gasteiger partial charge is 0.481 e. The molecule has 2 heterocycles. The monoisotopic (exact) mass is 361 g/mol. The zero-order valence-electron chi connectivity index (χ0n) is 16.0. The number of carbonyl (C=O) groups is 1. The molecule has 0 spiro atoms. The van der Waals surface area contributed by atoms with E-state index in [9.17, 15) is 9.90 Å². The number of ether oxygens (including phenoxy) is 1. The van der Waals surface area contributed by atoms with Gasteiger partial charge >= 0.3 is 0 Å². The number of piperidine rings is 1. The van der Waals surface area contributed by atoms with Crippen LogP contribution in [0.15, 0.2) is 18.3 Å². The molecule has 2 aliphatic rings. The third-order valence-corrected chi connectivity index (χ3v) is 5.66. The Morgan fingerprint density at radius 2 is 2.00 bits per heavy atom. The number of rotatable bonds is 6. The molecule has 1 aromatic heterocycles. The summed E-state index contributed by atoms with van der Waals surface area (Å²) >= 11 is 0. The summed E-state index contributed by atoms with van der Waals surface area (Å²) in [5, 5.41) is 13.5. The van der Waals surface area contributed by atoms with Gasteiger partial charge in [-0.05, 0) is 37.2 Å². The molecule has 1 aromatic rings. The number of pyridine rings is 1. The van der Waals surface area contributed by atoms with E-state index >= 15 is 0 Å². The van der Waals surface area contributed by atoms with Gasteiger partial charge in [-0.2, -0.15) is 0 Å². The van der Waals surface area contributed by atoms with Crippen LogP contribution in [0.4, 0.5) is 0 Å². The molecule has 1 atom stereocenters. The number of likely N-dealkylation sites (tertiary alicyclic amines) is 1. The van der Waals surface area contributed by atoms with E-state index in [2.05, 4.69) is 16.4 Å². The molecule has 1 saturated heterocycles. The Bertz CT molecular complexity index is 591. The van der Waals surface area contributed by atoms with Gasteiger partial charge in [0.2, 0.25) is 11.8 Å². The van der Waals surface area contributed by atoms with Crippen LogP contribution in [0.25, 0.3) is 0 Å². The van der Waals surface area contributed by atoms with Crippen LogP contribution >= 0.6 is 0 Å². The molecule has 144 valence electrons. The fourth-order valence-electron chi connectivity index (χ4n) is 3.99. The van der Waals surface area contributed by atoms with Crippen LogP contribution in [0.3, 0.4) is 0 Å². The van der Waals surface area contributed by atoms with E-state index in [-0.39, 0.29) is 24.0 Å². The highest BCUT2D eigenvalue weighted by atomic mass is 16.5. The molecular weight excluding hydrogens is 330 g/mol. The first-order valence-corrected chi connectivity index (χ1v) is 9.70. The Labute approximate surface area is 155 Å². The maximum absolute atomic E-state index is 12.2. The zero-order valence-corrected chi connectivity index (χ0v) is 16.0. The van der Waals surface area contributed by atoms with Crippen LogP contribution in [-0.4, -0.2) is 53.2 Å². The number of amides is 1. The van der Waals surface area contributed by atoms with E-state index in [1.54, 1.807) is 7.11 Å². The molecule has 1 amide bonds. The highest BCUT2D eigenvalue weighted by molar-refractivity contribution is 5.78. The minimum absolute atomic E-state index is 0.0640. The lowest BCUT2D eigenvalue weighted by Gasteiger charge is -2.42. The lowest BCUT2D eigenvalue weighted by Crippen LogP contribution is -2.49. The van der Waals surface area contributed by atoms with Gasteiger partial charge in [0.1, 0.15) is 0 Å². The minimum Gasteiger partial charge on any atom is -0.481 e. The van der Waals surface area contributed by atoms with Gasteiger partial charge in [-0.3, -0.25) is 4.79 Å². The fourth-order valence-corrected chi connectivity index (χ4v) is 3.99. The van der Waals surface area contributed by atoms with Crippen molar-refractivity contribution >= 4 is 5.91 Å². The first-order valence-electron chi connectivity index (χ1n) is 9.70. The van der Waals surface area contributed by atoms with E-state index in [0.717, 1.165) is 44.3 Å². The molecule has 6 heteroatoms. The molecule has 0 radical (unpaired) electrons. The third-order valence-electron chi connectivity index (χ3n) is 5.66. The molecule has 0 bridgehead atoms. The number of aliphatic hydroxyl groups is 1. The van der Waals surface area contributed by atoms with Gasteiger partial charge in [0, 0.05) is 43.4 Å². The van der Waals surface area contributed by atoms with Gasteiger partial charge in [-0.1, -0.05) is 19.9 Å². The molecule has 3 rings (SSSR count). The molecule has 6 nitrogen and oxygen atoms in total. The van der Waals surface area contributed by atoms with Crippen molar-refractivity contribution in [3.8, 4) is 5.88 Å². The molecular formula is C20H31N3O3. The Kier molecular flexibility index (Phi) is 6.14. The SMILES string of the molecule is COc1ccc([C@H](NC2CCN(C(=O)C(C)C)CC2)C2CC(O)C2)cn1. The van der Waals surface area contributed by atoms with Gasteiger partial charge < -0.3 is 20.1 Å². The number of nitrogens with zero attached hydrogens (tertiary/aromatic N) is 2. The van der Waals surface area contributed by atoms with Crippen molar-refractivity contribution in [1.82, 2.24) is 15.2 Å². The van der Waals surface area contributed by atoms with Gasteiger partial charge in [0.05, 0.1) is 13.2 Å². The normalized spacial score (nSPS) is 25.0. The standard InChI is InChI=1S/C20H31N3O3/c1-13(2)20(25)23-8-6-16(7-9-23)22-19(15-10-17(24)11-15)14-4-5-18(26-3)21-12-14/h4-5,12-13,15-17,19,22,24H,6-11H2,1-3H3/t15?,17?,19-/m0/s1. The van der Waals surface area contributed by atoms with Crippen LogP contribution in [0.5, 0.6) is 5.88 Å². The first kappa shape index (κ1) is 19.1. The Morgan fingerprint density at radius 3 is 2.50 bits per heavy atom. The van der Waals surface area contributed by atoms with Crippen LogP contribution in [0, 0.1) is 11.8 Å². The topological polar surface area (TPSA) is 74.7 Å². The predicted molar refractivity (Wildman–Crippen MR) is 99.8 cm³/mol. The lowest BCUT2D eigenvalue weighted by atomic mass is 9.75. The molecule has 0 unspecified atom stereocenters. The quantitative estimate of drug-likeness (QED) is 0.812. The second-order valence-electron chi connectivity index (χ2n) is 7.92. The predicted octanol–water partition coefficient (Wildman–Crippen LogP) is 2.14. The van der Waals surface area contributed by atoms with Crippen LogP contribution in [0.1, 0.15) is 51.1 Å². The molecule has 26 heavy (non-hydrogen) atoms. The highest BCUT2D eigenvalue weighted by Crippen LogP contribution is 2.39. The number of hydrogen-bond acceptors (Lipinski definition) is 5. The van der Waals surface area contributed by atoms with Gasteiger partial charge in [-0.15, -0.1) is 0 Å². The van der Waals surface area contributed by atoms with Crippen molar-refractivity contribution in [3.05, 3.63) is 23.9 Å². The molecule has 2 N–H and O–H groups in total. The van der Waals surface area contributed by atoms with Gasteiger partial charge in [-0.25, -0.2) is 4.98 Å². The zero-order chi connectivity index (χ0) is 18.7. The van der Waals surface area contributed by atoms with Crippen LogP contribution in [0.2, 0.25) is 0 Å². The Hall–Kier alpha value is -1.66. The number of carbonyl (C=O) groups excluding carboxylic acids is 1. The maximum atomic E-state index is 12.2. The number of aliphatic hydroxyl groups excluding tert-OH is 1. The summed E-state index contributed by atoms with van der Waals surface area (Å²) in [6, 6.07) is 4.53. The second kappa shape index (κ2) is 8.35. The third kappa shape index (κ3) is 4.35. The van der Waals surface area contributed by atoms with E-state index in [1.165, 1.54) is 0 Å². The number of aromatic nitrogens is 1. The van der Waals surface area contributed by atoms with Crippen molar-refractivity contribution in [2.45, 2.75) is 57.7 Å². The number of hydrogen-bond donors (Lipinski definition) is 2. The minimum atomic E-state index is -0.180. The van der Waals surface area contributed by atoms with E-state index in [0.29, 0.717) is 17.8 Å². The highest BCUT2D eigenvalue weighted by Gasteiger charge is 2.36. The summed E-state index contributed by atoms with van der Waals surface area (Å²) in [6.07, 6.45) is 5.28. The maximum Gasteiger partial charge on any atom is 0.225 e. The van der Waals surface area contributed by atoms with Crippen molar-refractivity contribution in [2.24, 2.45) is 11.8 Å². The summed E-state index contributed by atoms with van der Waals surface area (Å²) < 4.78 is 5.16. The number of methoxy groups -OCH3 is 1. The van der Waals surface area contributed by atoms with Crippen molar-refractivity contribution in [1.29, 1.82) is 0 Å². The summed E-state index contributed by atoms with van der Waals surface area (Å²) in [6.45, 7) is 5.55. The fraction of sp³-hybridized carbons (Fsp3) is 0.700. The van der Waals surface area contributed by atoms with Crippen LogP contribution in [-0.2, 0) is 4.79 Å². The molecule has 2 fully saturated rings. The molecule has 1 aliphatic carbocycles. The first-order chi connectivity index (χ1) is 12.5. The smallest absolute Gasteiger partial charge is 0.225 e. The van der Waals surface area contributed by atoms with Crippen molar-refractivity contribution < 1.29 is 14.6 Å². The number of nitrogens with one attached hydrogen (secondary N) is 1. The Morgan fingerprint density at radius 1 is 1.31 bits per heavy atom. The second-order valence-corrected chi connectivity index (χ2v) is 7.92. The molecule has 0 aromatic carbocycles. The van der Waals surface area contributed by atoms with Gasteiger partial charge in [0.15, 0.2) is 0 Å². The molecule has 1 aliphatic heterocycles. The van der Waals surface area contributed by atoms with E-state index in [1.807, 2.05) is 31.0 Å².